The van der Waals surface area contributed by atoms with E-state index >= 15 is 0 Å². The zero-order chi connectivity index (χ0) is 19.1. The molecule has 0 radical (unpaired) electrons. The van der Waals surface area contributed by atoms with E-state index < -0.39 is 6.04 Å². The number of amides is 2. The fraction of sp³-hybridized carbons (Fsp3) is 0.600. The number of benzene rings is 1. The molecule has 1 fully saturated rings. The molecule has 2 rings (SSSR count). The molecular weight excluding hydrogens is 330 g/mol. The lowest BCUT2D eigenvalue weighted by molar-refractivity contribution is -0.135. The van der Waals surface area contributed by atoms with Crippen molar-refractivity contribution in [2.24, 2.45) is 11.7 Å². The van der Waals surface area contributed by atoms with Crippen molar-refractivity contribution >= 4 is 12.0 Å². The number of nitrogens with zero attached hydrogens (tertiary/aromatic N) is 2. The molecule has 1 heterocycles. The Kier molecular flexibility index (Phi) is 7.45. The number of carbonyl (C=O) groups excluding carboxylic acids is 2. The monoisotopic (exact) mass is 361 g/mol. The van der Waals surface area contributed by atoms with E-state index in [1.165, 1.54) is 0 Å². The molecule has 0 aliphatic carbocycles. The first-order chi connectivity index (χ1) is 12.4. The zero-order valence-corrected chi connectivity index (χ0v) is 16.1. The van der Waals surface area contributed by atoms with Crippen LogP contribution in [0.3, 0.4) is 0 Å². The lowest BCUT2D eigenvalue weighted by atomic mass is 9.99. The van der Waals surface area contributed by atoms with Gasteiger partial charge in [-0.1, -0.05) is 44.2 Å². The minimum Gasteiger partial charge on any atom is -0.445 e. The maximum atomic E-state index is 12.5. The van der Waals surface area contributed by atoms with E-state index in [0.29, 0.717) is 19.6 Å². The molecule has 6 nitrogen and oxygen atoms in total. The number of carbonyl (C=O) groups is 2. The molecule has 1 aromatic rings. The Balaban J connectivity index is 1.85. The molecule has 26 heavy (non-hydrogen) atoms. The highest BCUT2D eigenvalue weighted by molar-refractivity contribution is 5.82. The molecule has 144 valence electrons. The van der Waals surface area contributed by atoms with Crippen LogP contribution in [0, 0.1) is 5.92 Å². The number of hydrogen-bond donors (Lipinski definition) is 1. The molecule has 0 spiro atoms. The second kappa shape index (κ2) is 9.57. The minimum absolute atomic E-state index is 0.00755. The van der Waals surface area contributed by atoms with E-state index in [9.17, 15) is 9.59 Å². The zero-order valence-electron chi connectivity index (χ0n) is 16.1. The van der Waals surface area contributed by atoms with Crippen molar-refractivity contribution in [1.29, 1.82) is 0 Å². The minimum atomic E-state index is -0.454. The third kappa shape index (κ3) is 5.21. The second-order valence-corrected chi connectivity index (χ2v) is 7.15. The van der Waals surface area contributed by atoms with Crippen molar-refractivity contribution in [2.45, 2.75) is 52.3 Å². The summed E-state index contributed by atoms with van der Waals surface area (Å²) in [6, 6.07) is 9.30. The topological polar surface area (TPSA) is 75.9 Å². The van der Waals surface area contributed by atoms with Gasteiger partial charge in [0.15, 0.2) is 0 Å². The van der Waals surface area contributed by atoms with Gasteiger partial charge in [0.25, 0.3) is 0 Å². The number of hydrogen-bond acceptors (Lipinski definition) is 4. The summed E-state index contributed by atoms with van der Waals surface area (Å²) in [4.78, 5) is 28.4. The number of ether oxygens (including phenoxy) is 1. The van der Waals surface area contributed by atoms with E-state index in [1.807, 2.05) is 56.0 Å². The van der Waals surface area contributed by atoms with Crippen molar-refractivity contribution < 1.29 is 14.3 Å². The van der Waals surface area contributed by atoms with E-state index in [0.717, 1.165) is 18.4 Å². The predicted octanol–water partition coefficient (Wildman–Crippen LogP) is 2.62. The molecule has 2 amide bonds. The summed E-state index contributed by atoms with van der Waals surface area (Å²) in [7, 11) is 0. The summed E-state index contributed by atoms with van der Waals surface area (Å²) in [5.74, 6) is 0.133. The quantitative estimate of drug-likeness (QED) is 0.845. The van der Waals surface area contributed by atoms with E-state index in [2.05, 4.69) is 0 Å². The van der Waals surface area contributed by atoms with Crippen LogP contribution in [0.5, 0.6) is 0 Å². The van der Waals surface area contributed by atoms with Gasteiger partial charge >= 0.3 is 6.09 Å². The standard InChI is InChI=1S/C20H31N3O3/c1-4-23(20(25)26-14-16-8-6-5-7-9-16)17-10-12-22(13-11-17)19(24)18(21)15(2)3/h5-9,15,17-18H,4,10-14,21H2,1-3H3/t18-/m0/s1. The summed E-state index contributed by atoms with van der Waals surface area (Å²) >= 11 is 0. The first kappa shape index (κ1) is 20.2. The van der Waals surface area contributed by atoms with E-state index in [1.54, 1.807) is 4.90 Å². The Bertz CT molecular complexity index is 583. The van der Waals surface area contributed by atoms with Gasteiger partial charge in [-0.05, 0) is 31.2 Å². The van der Waals surface area contributed by atoms with Crippen molar-refractivity contribution in [3.63, 3.8) is 0 Å². The predicted molar refractivity (Wildman–Crippen MR) is 101 cm³/mol. The number of piperidine rings is 1. The van der Waals surface area contributed by atoms with Crippen LogP contribution < -0.4 is 5.73 Å². The summed E-state index contributed by atoms with van der Waals surface area (Å²) in [5, 5.41) is 0. The Labute approximate surface area is 156 Å². The van der Waals surface area contributed by atoms with Crippen LogP contribution in [0.1, 0.15) is 39.2 Å². The van der Waals surface area contributed by atoms with Gasteiger partial charge in [0.2, 0.25) is 5.91 Å². The average molecular weight is 361 g/mol. The summed E-state index contributed by atoms with van der Waals surface area (Å²) in [6.07, 6.45) is 1.22. The van der Waals surface area contributed by atoms with Crippen molar-refractivity contribution in [2.75, 3.05) is 19.6 Å². The highest BCUT2D eigenvalue weighted by Crippen LogP contribution is 2.19. The van der Waals surface area contributed by atoms with Gasteiger partial charge in [0.1, 0.15) is 6.61 Å². The van der Waals surface area contributed by atoms with Gasteiger partial charge in [-0.2, -0.15) is 0 Å². The van der Waals surface area contributed by atoms with Gasteiger partial charge < -0.3 is 20.3 Å². The number of nitrogens with two attached hydrogens (primary N) is 1. The van der Waals surface area contributed by atoms with Gasteiger partial charge in [0, 0.05) is 25.7 Å². The maximum absolute atomic E-state index is 12.5. The smallest absolute Gasteiger partial charge is 0.410 e. The van der Waals surface area contributed by atoms with Gasteiger partial charge in [-0.15, -0.1) is 0 Å². The van der Waals surface area contributed by atoms with Crippen LogP contribution in [0.25, 0.3) is 0 Å². The van der Waals surface area contributed by atoms with E-state index in [-0.39, 0.29) is 30.6 Å². The molecule has 0 aromatic heterocycles. The largest absolute Gasteiger partial charge is 0.445 e. The molecule has 1 saturated heterocycles. The Morgan fingerprint density at radius 1 is 1.23 bits per heavy atom. The SMILES string of the molecule is CCN(C(=O)OCc1ccccc1)C1CCN(C(=O)[C@@H](N)C(C)C)CC1. The van der Waals surface area contributed by atoms with Crippen LogP contribution >= 0.6 is 0 Å². The first-order valence-electron chi connectivity index (χ1n) is 9.45. The van der Waals surface area contributed by atoms with Crippen molar-refractivity contribution in [3.8, 4) is 0 Å². The van der Waals surface area contributed by atoms with Crippen LogP contribution in [-0.4, -0.2) is 53.5 Å². The third-order valence-electron chi connectivity index (χ3n) is 5.00. The number of rotatable bonds is 6. The average Bonchev–Trinajstić information content (AvgIpc) is 2.67. The van der Waals surface area contributed by atoms with Gasteiger partial charge in [0.05, 0.1) is 6.04 Å². The second-order valence-electron chi connectivity index (χ2n) is 7.15. The van der Waals surface area contributed by atoms with Crippen molar-refractivity contribution in [3.05, 3.63) is 35.9 Å². The highest BCUT2D eigenvalue weighted by Gasteiger charge is 2.31. The maximum Gasteiger partial charge on any atom is 0.410 e. The third-order valence-corrected chi connectivity index (χ3v) is 5.00. The highest BCUT2D eigenvalue weighted by atomic mass is 16.6. The number of likely N-dealkylation sites (tertiary alicyclic amines) is 1. The molecule has 6 heteroatoms. The lowest BCUT2D eigenvalue weighted by Crippen LogP contribution is -2.53. The summed E-state index contributed by atoms with van der Waals surface area (Å²) in [5.41, 5.74) is 6.95. The van der Waals surface area contributed by atoms with E-state index in [4.69, 9.17) is 10.5 Å². The van der Waals surface area contributed by atoms with Crippen LogP contribution in [0.15, 0.2) is 30.3 Å². The Hall–Kier alpha value is -2.08. The Morgan fingerprint density at radius 2 is 1.85 bits per heavy atom. The molecule has 0 saturated carbocycles. The van der Waals surface area contributed by atoms with Crippen LogP contribution in [-0.2, 0) is 16.1 Å². The van der Waals surface area contributed by atoms with Crippen LogP contribution in [0.2, 0.25) is 0 Å². The molecule has 0 bridgehead atoms. The van der Waals surface area contributed by atoms with Crippen molar-refractivity contribution in [1.82, 2.24) is 9.80 Å². The van der Waals surface area contributed by atoms with Gasteiger partial charge in [-0.25, -0.2) is 4.79 Å². The molecular formula is C20H31N3O3. The Morgan fingerprint density at radius 3 is 2.38 bits per heavy atom. The molecule has 1 aromatic carbocycles. The summed E-state index contributed by atoms with van der Waals surface area (Å²) < 4.78 is 5.46. The molecule has 1 aliphatic heterocycles. The van der Waals surface area contributed by atoms with Crippen LogP contribution in [0.4, 0.5) is 4.79 Å². The lowest BCUT2D eigenvalue weighted by Gasteiger charge is -2.38. The molecule has 1 aliphatic rings. The normalized spacial score (nSPS) is 16.4. The summed E-state index contributed by atoms with van der Waals surface area (Å²) in [6.45, 7) is 8.00. The fourth-order valence-electron chi connectivity index (χ4n) is 3.23. The molecule has 2 N–H and O–H groups in total. The first-order valence-corrected chi connectivity index (χ1v) is 9.45. The molecule has 0 unspecified atom stereocenters. The fourth-order valence-corrected chi connectivity index (χ4v) is 3.23. The van der Waals surface area contributed by atoms with Gasteiger partial charge in [-0.3, -0.25) is 4.79 Å². The molecule has 1 atom stereocenters.